The molecule has 0 spiro atoms. The number of hydrogen-bond acceptors (Lipinski definition) is 5. The molecule has 0 unspecified atom stereocenters. The van der Waals surface area contributed by atoms with Gasteiger partial charge in [0.2, 0.25) is 5.91 Å². The van der Waals surface area contributed by atoms with Gasteiger partial charge in [0.25, 0.3) is 5.91 Å². The van der Waals surface area contributed by atoms with Gasteiger partial charge in [-0.15, -0.1) is 0 Å². The number of nitrogens with one attached hydrogen (secondary N) is 2. The van der Waals surface area contributed by atoms with Crippen LogP contribution >= 0.6 is 34.8 Å². The van der Waals surface area contributed by atoms with Crippen LogP contribution in [0.5, 0.6) is 11.5 Å². The van der Waals surface area contributed by atoms with Crippen LogP contribution in [0, 0.1) is 0 Å². The Morgan fingerprint density at radius 3 is 1.86 bits per heavy atom. The monoisotopic (exact) mass is 547 g/mol. The lowest BCUT2D eigenvalue weighted by Crippen LogP contribution is -2.45. The maximum atomic E-state index is 13.8. The number of carbonyl (C=O) groups excluding carboxylic acids is 3. The minimum Gasteiger partial charge on any atom is -0.497 e. The van der Waals surface area contributed by atoms with Crippen LogP contribution < -0.4 is 20.1 Å². The molecule has 3 aromatic carbocycles. The summed E-state index contributed by atoms with van der Waals surface area (Å²) < 4.78 is 10.4. The number of anilines is 1. The van der Waals surface area contributed by atoms with Crippen molar-refractivity contribution in [3.05, 3.63) is 86.9 Å². The lowest BCUT2D eigenvalue weighted by Gasteiger charge is -2.28. The third-order valence-electron chi connectivity index (χ3n) is 5.74. The van der Waals surface area contributed by atoms with Crippen LogP contribution in [-0.2, 0) is 15.1 Å². The molecule has 4 amide bonds. The highest BCUT2D eigenvalue weighted by Gasteiger charge is 2.54. The maximum Gasteiger partial charge on any atom is 0.326 e. The normalized spacial score (nSPS) is 14.4. The third-order valence-corrected chi connectivity index (χ3v) is 6.77. The van der Waals surface area contributed by atoms with Gasteiger partial charge in [-0.25, -0.2) is 4.79 Å². The zero-order valence-corrected chi connectivity index (χ0v) is 21.4. The molecule has 8 nitrogen and oxygen atoms in total. The number of benzene rings is 3. The number of urea groups is 1. The second-order valence-electron chi connectivity index (χ2n) is 7.82. The lowest BCUT2D eigenvalue weighted by atomic mass is 9.82. The Labute approximate surface area is 222 Å². The number of nitrogens with zero attached hydrogens (tertiary/aromatic N) is 1. The molecule has 0 aliphatic carbocycles. The van der Waals surface area contributed by atoms with E-state index in [1.54, 1.807) is 48.5 Å². The molecule has 11 heteroatoms. The van der Waals surface area contributed by atoms with Gasteiger partial charge in [0.05, 0.1) is 35.0 Å². The topological polar surface area (TPSA) is 97.0 Å². The summed E-state index contributed by atoms with van der Waals surface area (Å²) in [6.45, 7) is -0.560. The summed E-state index contributed by atoms with van der Waals surface area (Å²) in [5.74, 6) is -0.123. The van der Waals surface area contributed by atoms with Crippen molar-refractivity contribution in [2.75, 3.05) is 26.1 Å². The van der Waals surface area contributed by atoms with Crippen molar-refractivity contribution in [2.24, 2.45) is 0 Å². The van der Waals surface area contributed by atoms with Crippen molar-refractivity contribution < 1.29 is 23.9 Å². The van der Waals surface area contributed by atoms with Crippen molar-refractivity contribution in [3.8, 4) is 11.5 Å². The molecule has 1 heterocycles. The van der Waals surface area contributed by atoms with Gasteiger partial charge in [-0.3, -0.25) is 14.5 Å². The molecule has 36 heavy (non-hydrogen) atoms. The largest absolute Gasteiger partial charge is 0.497 e. The van der Waals surface area contributed by atoms with Crippen molar-refractivity contribution >= 4 is 58.3 Å². The van der Waals surface area contributed by atoms with Crippen molar-refractivity contribution in [3.63, 3.8) is 0 Å². The Morgan fingerprint density at radius 1 is 0.861 bits per heavy atom. The van der Waals surface area contributed by atoms with E-state index in [0.29, 0.717) is 22.6 Å². The van der Waals surface area contributed by atoms with Crippen LogP contribution in [0.1, 0.15) is 11.1 Å². The second-order valence-corrected chi connectivity index (χ2v) is 9.04. The summed E-state index contributed by atoms with van der Waals surface area (Å²) in [5, 5.41) is 5.90. The first-order chi connectivity index (χ1) is 17.2. The quantitative estimate of drug-likeness (QED) is 0.316. The molecule has 186 valence electrons. The summed E-state index contributed by atoms with van der Waals surface area (Å²) in [7, 11) is 3.05. The number of amides is 4. The number of carbonyl (C=O) groups is 3. The van der Waals surface area contributed by atoms with E-state index in [1.165, 1.54) is 26.4 Å². The Morgan fingerprint density at radius 2 is 1.36 bits per heavy atom. The zero-order chi connectivity index (χ0) is 26.0. The fourth-order valence-corrected chi connectivity index (χ4v) is 4.51. The van der Waals surface area contributed by atoms with Gasteiger partial charge in [-0.05, 0) is 47.5 Å². The predicted octanol–water partition coefficient (Wildman–Crippen LogP) is 5.10. The average molecular weight is 549 g/mol. The van der Waals surface area contributed by atoms with Gasteiger partial charge in [0, 0.05) is 0 Å². The molecule has 3 aromatic rings. The minimum atomic E-state index is -1.57. The minimum absolute atomic E-state index is 0.153. The van der Waals surface area contributed by atoms with E-state index in [1.807, 2.05) is 0 Å². The number of rotatable bonds is 7. The predicted molar refractivity (Wildman–Crippen MR) is 137 cm³/mol. The molecular formula is C25H20Cl3N3O5. The highest BCUT2D eigenvalue weighted by atomic mass is 35.5. The van der Waals surface area contributed by atoms with Gasteiger partial charge in [0.1, 0.15) is 18.0 Å². The van der Waals surface area contributed by atoms with Gasteiger partial charge in [-0.2, -0.15) is 0 Å². The number of ether oxygens (including phenoxy) is 2. The summed E-state index contributed by atoms with van der Waals surface area (Å²) in [6.07, 6.45) is 0. The lowest BCUT2D eigenvalue weighted by molar-refractivity contribution is -0.133. The number of methoxy groups -OCH3 is 2. The number of halogens is 3. The van der Waals surface area contributed by atoms with Crippen LogP contribution in [0.2, 0.25) is 15.1 Å². The Kier molecular flexibility index (Phi) is 7.31. The highest BCUT2D eigenvalue weighted by Crippen LogP contribution is 2.38. The molecule has 1 saturated heterocycles. The Hall–Kier alpha value is -3.46. The summed E-state index contributed by atoms with van der Waals surface area (Å²) in [5.41, 5.74) is -0.402. The maximum absolute atomic E-state index is 13.8. The van der Waals surface area contributed by atoms with E-state index in [2.05, 4.69) is 10.6 Å². The van der Waals surface area contributed by atoms with Gasteiger partial charge >= 0.3 is 6.03 Å². The van der Waals surface area contributed by atoms with Gasteiger partial charge in [0.15, 0.2) is 5.54 Å². The van der Waals surface area contributed by atoms with Gasteiger partial charge in [-0.1, -0.05) is 59.1 Å². The molecule has 0 atom stereocenters. The molecule has 0 aromatic heterocycles. The third kappa shape index (κ3) is 4.67. The standard InChI is InChI=1S/C25H20Cl3N3O5/c1-35-16-7-3-14(4-8-16)25(15-5-9-17(36-2)10-6-15)23(33)31(24(34)30-25)13-22(32)29-21-12-19(27)18(26)11-20(21)28/h3-12H,13H2,1-2H3,(H,29,32)(H,30,34). The SMILES string of the molecule is COc1ccc(C2(c3ccc(OC)cc3)NC(=O)N(CC(=O)Nc3cc(Cl)c(Cl)cc3Cl)C2=O)cc1. The molecule has 0 saturated carbocycles. The van der Waals surface area contributed by atoms with Gasteiger partial charge < -0.3 is 20.1 Å². The molecule has 0 bridgehead atoms. The summed E-state index contributed by atoms with van der Waals surface area (Å²) in [4.78, 5) is 40.5. The van der Waals surface area contributed by atoms with Crippen molar-refractivity contribution in [1.82, 2.24) is 10.2 Å². The van der Waals surface area contributed by atoms with Crippen LogP contribution in [-0.4, -0.2) is 43.5 Å². The van der Waals surface area contributed by atoms with Crippen LogP contribution in [0.25, 0.3) is 0 Å². The molecule has 2 N–H and O–H groups in total. The van der Waals surface area contributed by atoms with Crippen LogP contribution in [0.15, 0.2) is 60.7 Å². The second kappa shape index (κ2) is 10.3. The van der Waals surface area contributed by atoms with E-state index >= 15 is 0 Å². The fraction of sp³-hybridized carbons (Fsp3) is 0.160. The number of imide groups is 1. The Balaban J connectivity index is 1.67. The van der Waals surface area contributed by atoms with Crippen LogP contribution in [0.4, 0.5) is 10.5 Å². The first-order valence-electron chi connectivity index (χ1n) is 10.6. The van der Waals surface area contributed by atoms with E-state index in [-0.39, 0.29) is 20.8 Å². The first kappa shape index (κ1) is 25.6. The highest BCUT2D eigenvalue weighted by molar-refractivity contribution is 6.44. The molecule has 4 rings (SSSR count). The Bertz CT molecular complexity index is 1280. The molecule has 1 fully saturated rings. The van der Waals surface area contributed by atoms with Crippen molar-refractivity contribution in [2.45, 2.75) is 5.54 Å². The summed E-state index contributed by atoms with van der Waals surface area (Å²) in [6, 6.07) is 15.5. The molecule has 0 radical (unpaired) electrons. The average Bonchev–Trinajstić information content (AvgIpc) is 3.13. The van der Waals surface area contributed by atoms with E-state index in [0.717, 1.165) is 4.90 Å². The van der Waals surface area contributed by atoms with Crippen LogP contribution in [0.3, 0.4) is 0 Å². The fourth-order valence-electron chi connectivity index (χ4n) is 3.91. The number of hydrogen-bond donors (Lipinski definition) is 2. The van der Waals surface area contributed by atoms with Crippen molar-refractivity contribution in [1.29, 1.82) is 0 Å². The molecule has 1 aliphatic rings. The van der Waals surface area contributed by atoms with E-state index in [9.17, 15) is 14.4 Å². The molecule has 1 aliphatic heterocycles. The smallest absolute Gasteiger partial charge is 0.326 e. The zero-order valence-electron chi connectivity index (χ0n) is 19.1. The van der Waals surface area contributed by atoms with E-state index < -0.39 is 29.9 Å². The first-order valence-corrected chi connectivity index (χ1v) is 11.7. The summed E-state index contributed by atoms with van der Waals surface area (Å²) >= 11 is 18.1. The van der Waals surface area contributed by atoms with E-state index in [4.69, 9.17) is 44.3 Å². The molecular weight excluding hydrogens is 529 g/mol.